The van der Waals surface area contributed by atoms with Crippen LogP contribution in [0.1, 0.15) is 26.7 Å². The highest BCUT2D eigenvalue weighted by atomic mass is 16.5. The van der Waals surface area contributed by atoms with Crippen molar-refractivity contribution >= 4 is 23.5 Å². The lowest BCUT2D eigenvalue weighted by molar-refractivity contribution is 0.187. The SMILES string of the molecule is CCCC(C)NC(=O)Nc1cccc(NC(=O)OC)c1. The first-order chi connectivity index (χ1) is 9.55. The minimum Gasteiger partial charge on any atom is -0.453 e. The van der Waals surface area contributed by atoms with Crippen molar-refractivity contribution in [2.24, 2.45) is 0 Å². The Kier molecular flexibility index (Phi) is 6.36. The molecule has 0 bridgehead atoms. The fraction of sp³-hybridized carbons (Fsp3) is 0.429. The number of rotatable bonds is 5. The van der Waals surface area contributed by atoms with E-state index in [9.17, 15) is 9.59 Å². The molecule has 3 N–H and O–H groups in total. The van der Waals surface area contributed by atoms with Crippen LogP contribution in [0.3, 0.4) is 0 Å². The van der Waals surface area contributed by atoms with Crippen LogP contribution in [-0.4, -0.2) is 25.3 Å². The summed E-state index contributed by atoms with van der Waals surface area (Å²) in [4.78, 5) is 22.9. The highest BCUT2D eigenvalue weighted by molar-refractivity contribution is 5.91. The third-order valence-electron chi connectivity index (χ3n) is 2.65. The highest BCUT2D eigenvalue weighted by Gasteiger charge is 2.07. The molecule has 0 saturated carbocycles. The first-order valence-corrected chi connectivity index (χ1v) is 6.57. The van der Waals surface area contributed by atoms with Gasteiger partial charge in [-0.25, -0.2) is 9.59 Å². The molecule has 1 aromatic rings. The second kappa shape index (κ2) is 8.04. The van der Waals surface area contributed by atoms with E-state index in [1.165, 1.54) is 7.11 Å². The number of amides is 3. The molecular formula is C14H21N3O3. The maximum absolute atomic E-state index is 11.8. The van der Waals surface area contributed by atoms with Crippen LogP contribution in [0.15, 0.2) is 24.3 Å². The number of benzene rings is 1. The van der Waals surface area contributed by atoms with Crippen LogP contribution in [0, 0.1) is 0 Å². The predicted molar refractivity (Wildman–Crippen MR) is 79.0 cm³/mol. The van der Waals surface area contributed by atoms with Gasteiger partial charge < -0.3 is 15.4 Å². The van der Waals surface area contributed by atoms with Crippen molar-refractivity contribution in [3.63, 3.8) is 0 Å². The van der Waals surface area contributed by atoms with Crippen molar-refractivity contribution in [1.82, 2.24) is 5.32 Å². The minimum absolute atomic E-state index is 0.122. The van der Waals surface area contributed by atoms with Crippen molar-refractivity contribution in [3.8, 4) is 0 Å². The van der Waals surface area contributed by atoms with Gasteiger partial charge in [0.15, 0.2) is 0 Å². The molecule has 1 rings (SSSR count). The van der Waals surface area contributed by atoms with Crippen LogP contribution in [0.5, 0.6) is 0 Å². The molecule has 110 valence electrons. The van der Waals surface area contributed by atoms with E-state index in [1.54, 1.807) is 24.3 Å². The summed E-state index contributed by atoms with van der Waals surface area (Å²) in [6.07, 6.45) is 1.39. The van der Waals surface area contributed by atoms with Crippen molar-refractivity contribution in [2.45, 2.75) is 32.7 Å². The number of carbonyl (C=O) groups is 2. The molecule has 1 unspecified atom stereocenters. The molecule has 0 aliphatic rings. The van der Waals surface area contributed by atoms with Gasteiger partial charge in [-0.05, 0) is 31.5 Å². The molecule has 1 atom stereocenters. The Morgan fingerprint density at radius 1 is 1.25 bits per heavy atom. The molecule has 1 aromatic carbocycles. The van der Waals surface area contributed by atoms with Gasteiger partial charge in [0.1, 0.15) is 0 Å². The van der Waals surface area contributed by atoms with Gasteiger partial charge in [-0.15, -0.1) is 0 Å². The van der Waals surface area contributed by atoms with Gasteiger partial charge in [0, 0.05) is 17.4 Å². The minimum atomic E-state index is -0.553. The number of ether oxygens (including phenoxy) is 1. The molecule has 0 aliphatic heterocycles. The standard InChI is InChI=1S/C14H21N3O3/c1-4-6-10(2)15-13(18)16-11-7-5-8-12(9-11)17-14(19)20-3/h5,7-10H,4,6H2,1-3H3,(H,17,19)(H2,15,16,18). The van der Waals surface area contributed by atoms with E-state index in [2.05, 4.69) is 27.6 Å². The molecule has 6 heteroatoms. The molecule has 0 aliphatic carbocycles. The summed E-state index contributed by atoms with van der Waals surface area (Å²) in [5.74, 6) is 0. The van der Waals surface area contributed by atoms with E-state index in [-0.39, 0.29) is 12.1 Å². The zero-order valence-corrected chi connectivity index (χ0v) is 12.0. The quantitative estimate of drug-likeness (QED) is 0.774. The van der Waals surface area contributed by atoms with Crippen LogP contribution in [0.4, 0.5) is 21.0 Å². The summed E-state index contributed by atoms with van der Waals surface area (Å²) in [6, 6.07) is 6.70. The Morgan fingerprint density at radius 3 is 2.50 bits per heavy atom. The van der Waals surface area contributed by atoms with Gasteiger partial charge in [0.2, 0.25) is 0 Å². The Hall–Kier alpha value is -2.24. The zero-order chi connectivity index (χ0) is 15.0. The number of carbonyl (C=O) groups excluding carboxylic acids is 2. The van der Waals surface area contributed by atoms with Crippen molar-refractivity contribution < 1.29 is 14.3 Å². The van der Waals surface area contributed by atoms with Crippen LogP contribution >= 0.6 is 0 Å². The first-order valence-electron chi connectivity index (χ1n) is 6.57. The fourth-order valence-corrected chi connectivity index (χ4v) is 1.74. The molecule has 20 heavy (non-hydrogen) atoms. The van der Waals surface area contributed by atoms with Crippen molar-refractivity contribution in [3.05, 3.63) is 24.3 Å². The van der Waals surface area contributed by atoms with Gasteiger partial charge in [0.05, 0.1) is 7.11 Å². The molecule has 0 spiro atoms. The van der Waals surface area contributed by atoms with Gasteiger partial charge in [-0.2, -0.15) is 0 Å². The van der Waals surface area contributed by atoms with Crippen LogP contribution in [-0.2, 0) is 4.74 Å². The molecule has 0 radical (unpaired) electrons. The van der Waals surface area contributed by atoms with E-state index in [1.807, 2.05) is 6.92 Å². The third kappa shape index (κ3) is 5.60. The Bertz CT molecular complexity index is 463. The Morgan fingerprint density at radius 2 is 1.90 bits per heavy atom. The summed E-state index contributed by atoms with van der Waals surface area (Å²) < 4.78 is 4.50. The molecule has 0 aromatic heterocycles. The van der Waals surface area contributed by atoms with Gasteiger partial charge >= 0.3 is 12.1 Å². The first kappa shape index (κ1) is 15.8. The van der Waals surface area contributed by atoms with Crippen molar-refractivity contribution in [1.29, 1.82) is 0 Å². The average molecular weight is 279 g/mol. The normalized spacial score (nSPS) is 11.3. The summed E-state index contributed by atoms with van der Waals surface area (Å²) in [6.45, 7) is 4.02. The van der Waals surface area contributed by atoms with E-state index in [0.717, 1.165) is 12.8 Å². The third-order valence-corrected chi connectivity index (χ3v) is 2.65. The predicted octanol–water partition coefficient (Wildman–Crippen LogP) is 3.18. The maximum atomic E-state index is 11.8. The molecule has 0 fully saturated rings. The fourth-order valence-electron chi connectivity index (χ4n) is 1.74. The van der Waals surface area contributed by atoms with Crippen LogP contribution in [0.25, 0.3) is 0 Å². The zero-order valence-electron chi connectivity index (χ0n) is 12.0. The molecular weight excluding hydrogens is 258 g/mol. The van der Waals surface area contributed by atoms with Crippen LogP contribution in [0.2, 0.25) is 0 Å². The second-order valence-corrected chi connectivity index (χ2v) is 4.49. The molecule has 0 heterocycles. The topological polar surface area (TPSA) is 79.5 Å². The Labute approximate surface area is 118 Å². The van der Waals surface area contributed by atoms with E-state index in [4.69, 9.17) is 0 Å². The van der Waals surface area contributed by atoms with Gasteiger partial charge in [-0.1, -0.05) is 19.4 Å². The second-order valence-electron chi connectivity index (χ2n) is 4.49. The highest BCUT2D eigenvalue weighted by Crippen LogP contribution is 2.15. The van der Waals surface area contributed by atoms with Gasteiger partial charge in [0.25, 0.3) is 0 Å². The summed E-state index contributed by atoms with van der Waals surface area (Å²) in [7, 11) is 1.29. The number of anilines is 2. The van der Waals surface area contributed by atoms with E-state index < -0.39 is 6.09 Å². The monoisotopic (exact) mass is 279 g/mol. The average Bonchev–Trinajstić information content (AvgIpc) is 2.38. The number of hydrogen-bond donors (Lipinski definition) is 3. The Balaban J connectivity index is 2.57. The summed E-state index contributed by atoms with van der Waals surface area (Å²) in [5.41, 5.74) is 1.15. The number of urea groups is 1. The summed E-state index contributed by atoms with van der Waals surface area (Å²) >= 11 is 0. The van der Waals surface area contributed by atoms with Crippen LogP contribution < -0.4 is 16.0 Å². The lowest BCUT2D eigenvalue weighted by Gasteiger charge is -2.14. The van der Waals surface area contributed by atoms with E-state index >= 15 is 0 Å². The molecule has 3 amide bonds. The lowest BCUT2D eigenvalue weighted by atomic mass is 10.2. The largest absolute Gasteiger partial charge is 0.453 e. The van der Waals surface area contributed by atoms with Crippen molar-refractivity contribution in [2.75, 3.05) is 17.7 Å². The lowest BCUT2D eigenvalue weighted by Crippen LogP contribution is -2.35. The molecule has 0 saturated heterocycles. The number of hydrogen-bond acceptors (Lipinski definition) is 3. The van der Waals surface area contributed by atoms with E-state index in [0.29, 0.717) is 11.4 Å². The summed E-state index contributed by atoms with van der Waals surface area (Å²) in [5, 5.41) is 8.09. The number of methoxy groups -OCH3 is 1. The van der Waals surface area contributed by atoms with Gasteiger partial charge in [-0.3, -0.25) is 5.32 Å². The smallest absolute Gasteiger partial charge is 0.411 e. The maximum Gasteiger partial charge on any atom is 0.411 e. The molecule has 6 nitrogen and oxygen atoms in total. The number of nitrogens with one attached hydrogen (secondary N) is 3.